The molecular formula is C9H15BrZr. The molecule has 0 fully saturated rings. The molecule has 0 spiro atoms. The van der Waals surface area contributed by atoms with Crippen LogP contribution >= 0.6 is 12.2 Å². The van der Waals surface area contributed by atoms with Crippen LogP contribution in [-0.4, -0.2) is 0 Å². The molecule has 0 atom stereocenters. The Morgan fingerprint density at radius 1 is 0.909 bits per heavy atom. The molecule has 0 aliphatic carbocycles. The van der Waals surface area contributed by atoms with Gasteiger partial charge in [-0.1, -0.05) is 0 Å². The van der Waals surface area contributed by atoms with Gasteiger partial charge in [0.15, 0.2) is 0 Å². The summed E-state index contributed by atoms with van der Waals surface area (Å²) < 4.78 is 3.48. The summed E-state index contributed by atoms with van der Waals surface area (Å²) in [6.45, 7) is 11.3. The second-order valence-electron chi connectivity index (χ2n) is 2.63. The van der Waals surface area contributed by atoms with Gasteiger partial charge in [0.1, 0.15) is 0 Å². The van der Waals surface area contributed by atoms with E-state index in [-0.39, 0.29) is 0 Å². The summed E-state index contributed by atoms with van der Waals surface area (Å²) >= 11 is 1.85. The molecule has 0 radical (unpaired) electrons. The van der Waals surface area contributed by atoms with Crippen molar-refractivity contribution in [3.05, 3.63) is 38.0 Å². The van der Waals surface area contributed by atoms with Crippen LogP contribution < -0.4 is 0 Å². The van der Waals surface area contributed by atoms with E-state index in [1.807, 2.05) is 18.2 Å². The molecule has 0 amide bonds. The van der Waals surface area contributed by atoms with Gasteiger partial charge in [0.05, 0.1) is 0 Å². The van der Waals surface area contributed by atoms with Gasteiger partial charge in [-0.05, 0) is 0 Å². The first-order chi connectivity index (χ1) is 5.18. The van der Waals surface area contributed by atoms with Crippen LogP contribution in [-0.2, 0) is 17.9 Å². The van der Waals surface area contributed by atoms with Crippen molar-refractivity contribution in [3.63, 3.8) is 0 Å². The first-order valence-corrected chi connectivity index (χ1v) is 14.5. The topological polar surface area (TPSA) is 0 Å². The fourth-order valence-electron chi connectivity index (χ4n) is 1.03. The van der Waals surface area contributed by atoms with Crippen molar-refractivity contribution in [3.8, 4) is 0 Å². The van der Waals surface area contributed by atoms with Gasteiger partial charge in [-0.2, -0.15) is 0 Å². The summed E-state index contributed by atoms with van der Waals surface area (Å²) in [4.78, 5) is 0. The van der Waals surface area contributed by atoms with Gasteiger partial charge in [0.25, 0.3) is 0 Å². The number of halogens is 1. The zero-order valence-corrected chi connectivity index (χ0v) is 10.9. The van der Waals surface area contributed by atoms with Crippen molar-refractivity contribution in [1.29, 1.82) is 0 Å². The third kappa shape index (κ3) is 4.92. The second-order valence-corrected chi connectivity index (χ2v) is 21.2. The van der Waals surface area contributed by atoms with Crippen molar-refractivity contribution in [2.45, 2.75) is 12.4 Å². The molecule has 0 aliphatic heterocycles. The molecule has 0 bridgehead atoms. The number of hydrogen-bond acceptors (Lipinski definition) is 0. The minimum absolute atomic E-state index is 1.16. The average molecular weight is 294 g/mol. The van der Waals surface area contributed by atoms with Gasteiger partial charge in [-0.3, -0.25) is 0 Å². The first-order valence-electron chi connectivity index (χ1n) is 3.70. The van der Waals surface area contributed by atoms with Gasteiger partial charge >= 0.3 is 80.5 Å². The van der Waals surface area contributed by atoms with Gasteiger partial charge in [-0.15, -0.1) is 0 Å². The first kappa shape index (κ1) is 11.6. The zero-order chi connectivity index (χ0) is 8.74. The Labute approximate surface area is 79.9 Å². The standard InChI is InChI=1S/3C3H5.BrH.Zr/c3*1-3-2;;/h3*3H,1-2H2;1H;/q;;;;+1/p-1. The van der Waals surface area contributed by atoms with E-state index in [2.05, 4.69) is 32.0 Å². The Hall–Kier alpha value is 0.583. The average Bonchev–Trinajstić information content (AvgIpc) is 1.88. The Kier molecular flexibility index (Phi) is 6.46. The van der Waals surface area contributed by atoms with Crippen LogP contribution in [0, 0.1) is 0 Å². The molecule has 0 heterocycles. The van der Waals surface area contributed by atoms with E-state index in [1.165, 1.54) is 0 Å². The summed E-state index contributed by atoms with van der Waals surface area (Å²) in [5.41, 5.74) is 0. The Bertz CT molecular complexity index is 125. The van der Waals surface area contributed by atoms with Gasteiger partial charge in [-0.25, -0.2) is 0 Å². The quantitative estimate of drug-likeness (QED) is 0.642. The third-order valence-corrected chi connectivity index (χ3v) is 14.8. The van der Waals surface area contributed by atoms with E-state index >= 15 is 0 Å². The Morgan fingerprint density at radius 3 is 1.36 bits per heavy atom. The molecule has 0 aromatic carbocycles. The number of allylic oxidation sites excluding steroid dienone is 3. The summed E-state index contributed by atoms with van der Waals surface area (Å²) in [5, 5.41) is 0. The summed E-state index contributed by atoms with van der Waals surface area (Å²) in [5.74, 6) is 0. The molecule has 62 valence electrons. The molecule has 0 aromatic heterocycles. The van der Waals surface area contributed by atoms with Crippen LogP contribution in [0.3, 0.4) is 0 Å². The van der Waals surface area contributed by atoms with Gasteiger partial charge in [0, 0.05) is 0 Å². The van der Waals surface area contributed by atoms with Crippen molar-refractivity contribution in [2.24, 2.45) is 0 Å². The van der Waals surface area contributed by atoms with Crippen molar-refractivity contribution in [1.82, 2.24) is 0 Å². The third-order valence-electron chi connectivity index (χ3n) is 1.53. The van der Waals surface area contributed by atoms with Crippen LogP contribution in [0.5, 0.6) is 0 Å². The molecule has 0 nitrogen and oxygen atoms in total. The molecule has 0 rings (SSSR count). The predicted molar refractivity (Wildman–Crippen MR) is 53.9 cm³/mol. The Morgan fingerprint density at radius 2 is 1.18 bits per heavy atom. The molecule has 2 heteroatoms. The van der Waals surface area contributed by atoms with Crippen LogP contribution in [0.4, 0.5) is 0 Å². The SMILES string of the molecule is C=C[CH2][Zr]([Br])([CH2]C=C)[CH2]C=C. The van der Waals surface area contributed by atoms with E-state index in [0.717, 1.165) is 12.4 Å². The fraction of sp³-hybridized carbons (Fsp3) is 0.333. The Balaban J connectivity index is 4.09. The monoisotopic (exact) mass is 292 g/mol. The van der Waals surface area contributed by atoms with E-state index in [4.69, 9.17) is 0 Å². The maximum absolute atomic E-state index is 3.86. The van der Waals surface area contributed by atoms with Crippen LogP contribution in [0.1, 0.15) is 0 Å². The van der Waals surface area contributed by atoms with Gasteiger partial charge in [0.2, 0.25) is 0 Å². The number of hydrogen-bond donors (Lipinski definition) is 0. The normalized spacial score (nSPS) is 10.6. The molecule has 0 saturated heterocycles. The summed E-state index contributed by atoms with van der Waals surface area (Å²) in [7, 11) is 0. The molecule has 0 N–H and O–H groups in total. The van der Waals surface area contributed by atoms with E-state index in [1.54, 1.807) is 0 Å². The molecular weight excluding hydrogens is 279 g/mol. The zero-order valence-electron chi connectivity index (χ0n) is 6.85. The molecule has 0 unspecified atom stereocenters. The summed E-state index contributed by atoms with van der Waals surface area (Å²) in [6.07, 6.45) is 6.04. The molecule has 0 aromatic rings. The fourth-order valence-corrected chi connectivity index (χ4v) is 10.1. The van der Waals surface area contributed by atoms with Crippen molar-refractivity contribution >= 4 is 12.2 Å². The predicted octanol–water partition coefficient (Wildman–Crippen LogP) is 4.26. The molecule has 11 heavy (non-hydrogen) atoms. The van der Waals surface area contributed by atoms with E-state index < -0.39 is 17.9 Å². The number of rotatable bonds is 6. The van der Waals surface area contributed by atoms with Gasteiger partial charge < -0.3 is 0 Å². The summed E-state index contributed by atoms with van der Waals surface area (Å²) in [6, 6.07) is 0. The van der Waals surface area contributed by atoms with Crippen LogP contribution in [0.2, 0.25) is 12.4 Å². The molecule has 0 aliphatic rings. The minimum atomic E-state index is -2.01. The van der Waals surface area contributed by atoms with Crippen LogP contribution in [0.15, 0.2) is 38.0 Å². The van der Waals surface area contributed by atoms with Crippen molar-refractivity contribution < 1.29 is 17.9 Å². The van der Waals surface area contributed by atoms with Crippen molar-refractivity contribution in [2.75, 3.05) is 0 Å². The van der Waals surface area contributed by atoms with E-state index in [0.29, 0.717) is 0 Å². The molecule has 0 saturated carbocycles. The maximum atomic E-state index is 3.86. The van der Waals surface area contributed by atoms with E-state index in [9.17, 15) is 0 Å². The van der Waals surface area contributed by atoms with Crippen LogP contribution in [0.25, 0.3) is 0 Å². The second kappa shape index (κ2) is 6.14.